The maximum absolute atomic E-state index is 11.4. The highest BCUT2D eigenvalue weighted by Gasteiger charge is 2.16. The van der Waals surface area contributed by atoms with Crippen molar-refractivity contribution in [2.24, 2.45) is 4.99 Å². The molecule has 0 aliphatic rings. The second-order valence-electron chi connectivity index (χ2n) is 3.32. The van der Waals surface area contributed by atoms with E-state index in [-0.39, 0.29) is 17.3 Å². The lowest BCUT2D eigenvalue weighted by molar-refractivity contribution is 0.0595. The van der Waals surface area contributed by atoms with Crippen LogP contribution in [0.25, 0.3) is 0 Å². The predicted octanol–water partition coefficient (Wildman–Crippen LogP) is -0.104. The molecule has 3 N–H and O–H groups in total. The molecule has 11 nitrogen and oxygen atoms in total. The molecule has 2 amide bonds. The van der Waals surface area contributed by atoms with Gasteiger partial charge in [0.2, 0.25) is 5.96 Å². The van der Waals surface area contributed by atoms with Gasteiger partial charge in [-0.2, -0.15) is 5.10 Å². The van der Waals surface area contributed by atoms with Gasteiger partial charge >= 0.3 is 18.2 Å². The Kier molecular flexibility index (Phi) is 5.67. The molecule has 0 saturated heterocycles. The summed E-state index contributed by atoms with van der Waals surface area (Å²) in [5, 5.41) is 10.3. The minimum absolute atomic E-state index is 0.0321. The summed E-state index contributed by atoms with van der Waals surface area (Å²) in [4.78, 5) is 37.7. The van der Waals surface area contributed by atoms with E-state index in [0.717, 1.165) is 14.2 Å². The van der Waals surface area contributed by atoms with Crippen LogP contribution in [-0.2, 0) is 14.2 Å². The second-order valence-corrected chi connectivity index (χ2v) is 3.32. The molecular formula is C10H13N5O6. The number of carbonyl (C=O) groups excluding carboxylic acids is 3. The van der Waals surface area contributed by atoms with Gasteiger partial charge < -0.3 is 14.2 Å². The molecule has 1 aromatic rings. The number of ether oxygens (including phenoxy) is 3. The maximum Gasteiger partial charge on any atom is 0.413 e. The number of alkyl carbamates (subject to hydrolysis) is 2. The number of methoxy groups -OCH3 is 3. The molecule has 0 aliphatic heterocycles. The van der Waals surface area contributed by atoms with Crippen molar-refractivity contribution in [3.05, 3.63) is 11.9 Å². The Labute approximate surface area is 118 Å². The second kappa shape index (κ2) is 7.47. The zero-order valence-corrected chi connectivity index (χ0v) is 11.4. The van der Waals surface area contributed by atoms with Gasteiger partial charge in [-0.25, -0.2) is 19.4 Å². The minimum Gasteiger partial charge on any atom is -0.464 e. The molecule has 0 fully saturated rings. The Morgan fingerprint density at radius 2 is 1.67 bits per heavy atom. The number of carbonyl (C=O) groups is 3. The zero-order valence-electron chi connectivity index (χ0n) is 11.4. The number of amides is 2. The number of aliphatic imine (C=N–C) groups is 1. The van der Waals surface area contributed by atoms with Crippen LogP contribution in [0.15, 0.2) is 11.2 Å². The van der Waals surface area contributed by atoms with Crippen molar-refractivity contribution < 1.29 is 28.6 Å². The highest BCUT2D eigenvalue weighted by Crippen LogP contribution is 2.16. The van der Waals surface area contributed by atoms with Gasteiger partial charge in [-0.05, 0) is 0 Å². The maximum atomic E-state index is 11.4. The number of hydrogen-bond donors (Lipinski definition) is 3. The largest absolute Gasteiger partial charge is 0.464 e. The summed E-state index contributed by atoms with van der Waals surface area (Å²) in [6.07, 6.45) is -0.564. The van der Waals surface area contributed by atoms with E-state index in [0.29, 0.717) is 0 Å². The van der Waals surface area contributed by atoms with Gasteiger partial charge in [0.25, 0.3) is 0 Å². The summed E-state index contributed by atoms with van der Waals surface area (Å²) >= 11 is 0. The first-order chi connectivity index (χ1) is 10.0. The molecule has 1 heterocycles. The normalized spacial score (nSPS) is 9.29. The summed E-state index contributed by atoms with van der Waals surface area (Å²) in [6.45, 7) is 0. The van der Waals surface area contributed by atoms with E-state index >= 15 is 0 Å². The molecule has 1 aromatic heterocycles. The van der Waals surface area contributed by atoms with E-state index in [4.69, 9.17) is 0 Å². The van der Waals surface area contributed by atoms with Crippen LogP contribution < -0.4 is 10.6 Å². The van der Waals surface area contributed by atoms with Gasteiger partial charge in [-0.15, -0.1) is 0 Å². The molecular weight excluding hydrogens is 286 g/mol. The van der Waals surface area contributed by atoms with Crippen molar-refractivity contribution in [1.29, 1.82) is 0 Å². The lowest BCUT2D eigenvalue weighted by Crippen LogP contribution is -2.43. The molecule has 0 spiro atoms. The van der Waals surface area contributed by atoms with Gasteiger partial charge in [0.1, 0.15) is 5.69 Å². The third-order valence-corrected chi connectivity index (χ3v) is 2.05. The van der Waals surface area contributed by atoms with Crippen LogP contribution in [0, 0.1) is 0 Å². The van der Waals surface area contributed by atoms with Gasteiger partial charge in [-0.1, -0.05) is 0 Å². The lowest BCUT2D eigenvalue weighted by atomic mass is 10.4. The number of esters is 1. The Bertz CT molecular complexity index is 546. The smallest absolute Gasteiger partial charge is 0.413 e. The van der Waals surface area contributed by atoms with E-state index < -0.39 is 18.2 Å². The van der Waals surface area contributed by atoms with Crippen LogP contribution >= 0.6 is 0 Å². The molecule has 114 valence electrons. The van der Waals surface area contributed by atoms with E-state index in [1.165, 1.54) is 13.3 Å². The third kappa shape index (κ3) is 4.49. The fourth-order valence-electron chi connectivity index (χ4n) is 1.12. The van der Waals surface area contributed by atoms with Gasteiger partial charge in [0.15, 0.2) is 5.69 Å². The Hall–Kier alpha value is -3.11. The van der Waals surface area contributed by atoms with Gasteiger partial charge in [0.05, 0.1) is 27.5 Å². The average molecular weight is 299 g/mol. The van der Waals surface area contributed by atoms with E-state index in [1.54, 1.807) is 0 Å². The first-order valence-electron chi connectivity index (χ1n) is 5.42. The van der Waals surface area contributed by atoms with Crippen molar-refractivity contribution >= 4 is 29.8 Å². The quantitative estimate of drug-likeness (QED) is 0.299. The van der Waals surface area contributed by atoms with E-state index in [1.807, 2.05) is 0 Å². The standard InChI is InChI=1S/C10H13N5O6/c1-19-7(16)6-5(4-11-15-6)12-8(13-9(17)20-2)14-10(18)21-3/h4H,1-3H3,(H,11,15)(H2,12,13,14,17,18). The number of guanidine groups is 1. The van der Waals surface area contributed by atoms with Crippen LogP contribution in [0.4, 0.5) is 15.3 Å². The Morgan fingerprint density at radius 3 is 2.14 bits per heavy atom. The number of H-pyrrole nitrogens is 1. The number of aromatic amines is 1. The highest BCUT2D eigenvalue weighted by molar-refractivity contribution is 6.03. The first-order valence-corrected chi connectivity index (χ1v) is 5.42. The topological polar surface area (TPSA) is 144 Å². The number of nitrogens with one attached hydrogen (secondary N) is 3. The molecule has 0 radical (unpaired) electrons. The van der Waals surface area contributed by atoms with Crippen LogP contribution in [0.5, 0.6) is 0 Å². The van der Waals surface area contributed by atoms with Crippen LogP contribution in [0.3, 0.4) is 0 Å². The molecule has 1 rings (SSSR count). The molecule has 21 heavy (non-hydrogen) atoms. The molecule has 0 atom stereocenters. The molecule has 11 heteroatoms. The minimum atomic E-state index is -0.881. The van der Waals surface area contributed by atoms with E-state index in [9.17, 15) is 14.4 Å². The van der Waals surface area contributed by atoms with Crippen molar-refractivity contribution in [1.82, 2.24) is 20.8 Å². The van der Waals surface area contributed by atoms with Crippen LogP contribution in [-0.4, -0.2) is 55.6 Å². The molecule has 0 aromatic carbocycles. The predicted molar refractivity (Wildman–Crippen MR) is 68.1 cm³/mol. The fraction of sp³-hybridized carbons (Fsp3) is 0.300. The van der Waals surface area contributed by atoms with Crippen LogP contribution in [0.2, 0.25) is 0 Å². The fourth-order valence-corrected chi connectivity index (χ4v) is 1.12. The van der Waals surface area contributed by atoms with Crippen molar-refractivity contribution in [2.45, 2.75) is 0 Å². The first kappa shape index (κ1) is 15.9. The third-order valence-electron chi connectivity index (χ3n) is 2.05. The van der Waals surface area contributed by atoms with Gasteiger partial charge in [0, 0.05) is 0 Å². The van der Waals surface area contributed by atoms with Gasteiger partial charge in [-0.3, -0.25) is 15.7 Å². The lowest BCUT2D eigenvalue weighted by Gasteiger charge is -2.08. The number of rotatable bonds is 2. The average Bonchev–Trinajstić information content (AvgIpc) is 2.93. The van der Waals surface area contributed by atoms with E-state index in [2.05, 4.69) is 40.0 Å². The summed E-state index contributed by atoms with van der Waals surface area (Å²) in [7, 11) is 3.43. The van der Waals surface area contributed by atoms with Crippen molar-refractivity contribution in [2.75, 3.05) is 21.3 Å². The SMILES string of the molecule is COC(=O)NC(=Nc1cn[nH]c1C(=O)OC)NC(=O)OC. The van der Waals surface area contributed by atoms with Crippen molar-refractivity contribution in [3.8, 4) is 0 Å². The molecule has 0 aliphatic carbocycles. The molecule has 0 saturated carbocycles. The Morgan fingerprint density at radius 1 is 1.10 bits per heavy atom. The molecule has 0 unspecified atom stereocenters. The molecule has 0 bridgehead atoms. The number of aromatic nitrogens is 2. The summed E-state index contributed by atoms with van der Waals surface area (Å²) < 4.78 is 13.3. The number of hydrogen-bond acceptors (Lipinski definition) is 8. The monoisotopic (exact) mass is 299 g/mol. The summed E-state index contributed by atoms with van der Waals surface area (Å²) in [5.74, 6) is -1.04. The highest BCUT2D eigenvalue weighted by atomic mass is 16.5. The van der Waals surface area contributed by atoms with Crippen molar-refractivity contribution in [3.63, 3.8) is 0 Å². The van der Waals surface area contributed by atoms with Crippen LogP contribution in [0.1, 0.15) is 10.5 Å². The zero-order chi connectivity index (χ0) is 15.8. The number of nitrogens with zero attached hydrogens (tertiary/aromatic N) is 2. The summed E-state index contributed by atoms with van der Waals surface area (Å²) in [6, 6.07) is 0. The Balaban J connectivity index is 3.06. The summed E-state index contributed by atoms with van der Waals surface area (Å²) in [5.41, 5.74) is -0.0296.